The van der Waals surface area contributed by atoms with Gasteiger partial charge in [0.15, 0.2) is 0 Å². The van der Waals surface area contributed by atoms with Crippen LogP contribution in [0.4, 0.5) is 0 Å². The molecule has 0 heterocycles. The summed E-state index contributed by atoms with van der Waals surface area (Å²) in [5.41, 5.74) is 10.2. The summed E-state index contributed by atoms with van der Waals surface area (Å²) in [6.45, 7) is 2.14. The van der Waals surface area contributed by atoms with Crippen LogP contribution in [0, 0.1) is 0 Å². The standard InChI is InChI=1S/C28H28/c1-24(17-18-25-11-5-2-6-12-25)23-28(21-19-26-13-7-3-8-14-26)22-20-27-15-9-4-10-16-27/h2-18H,19-22H2,1H3/b18-17+. The Kier molecular flexibility index (Phi) is 7.67. The number of benzene rings is 3. The fourth-order valence-corrected chi connectivity index (χ4v) is 3.24. The predicted molar refractivity (Wildman–Crippen MR) is 121 cm³/mol. The van der Waals surface area contributed by atoms with Gasteiger partial charge in [0.05, 0.1) is 0 Å². The van der Waals surface area contributed by atoms with Crippen LogP contribution in [0.15, 0.2) is 114 Å². The van der Waals surface area contributed by atoms with E-state index in [0.717, 1.165) is 25.7 Å². The molecule has 0 fully saturated rings. The summed E-state index contributed by atoms with van der Waals surface area (Å²) < 4.78 is 0. The maximum Gasteiger partial charge on any atom is -0.00917 e. The first-order valence-corrected chi connectivity index (χ1v) is 10.1. The molecule has 0 aromatic heterocycles. The predicted octanol–water partition coefficient (Wildman–Crippen LogP) is 7.44. The Bertz CT molecular complexity index is 880. The van der Waals surface area contributed by atoms with Crippen LogP contribution in [0.1, 0.15) is 36.5 Å². The molecular formula is C28H28. The normalized spacial score (nSPS) is 10.6. The van der Waals surface area contributed by atoms with E-state index in [2.05, 4.69) is 110 Å². The molecule has 0 N–H and O–H groups in total. The molecule has 0 aliphatic rings. The van der Waals surface area contributed by atoms with Gasteiger partial charge in [-0.1, -0.05) is 103 Å². The number of allylic oxidation sites excluding steroid dienone is 2. The number of rotatable bonds is 8. The SMILES string of the molecule is CC(=C=C(CCc1ccccc1)CCc1ccccc1)/C=C/c1ccccc1. The molecule has 0 aliphatic carbocycles. The lowest BCUT2D eigenvalue weighted by molar-refractivity contribution is 0.837. The van der Waals surface area contributed by atoms with E-state index in [4.69, 9.17) is 0 Å². The lowest BCUT2D eigenvalue weighted by Gasteiger charge is -2.07. The molecule has 0 nitrogen and oxygen atoms in total. The number of aryl methyl sites for hydroxylation is 2. The molecule has 140 valence electrons. The first-order valence-electron chi connectivity index (χ1n) is 10.1. The van der Waals surface area contributed by atoms with E-state index in [9.17, 15) is 0 Å². The summed E-state index contributed by atoms with van der Waals surface area (Å²) in [5.74, 6) is 0. The third-order valence-corrected chi connectivity index (χ3v) is 4.82. The van der Waals surface area contributed by atoms with E-state index in [1.165, 1.54) is 27.8 Å². The van der Waals surface area contributed by atoms with Crippen LogP contribution in [0.3, 0.4) is 0 Å². The van der Waals surface area contributed by atoms with Gasteiger partial charge in [-0.05, 0) is 60.4 Å². The van der Waals surface area contributed by atoms with Crippen molar-refractivity contribution in [3.8, 4) is 0 Å². The highest BCUT2D eigenvalue weighted by Gasteiger charge is 2.01. The van der Waals surface area contributed by atoms with Gasteiger partial charge in [0, 0.05) is 0 Å². The molecule has 0 heteroatoms. The zero-order valence-electron chi connectivity index (χ0n) is 16.6. The smallest absolute Gasteiger partial charge is 0.00917 e. The molecule has 0 spiro atoms. The molecule has 0 saturated carbocycles. The zero-order chi connectivity index (χ0) is 19.4. The van der Waals surface area contributed by atoms with Crippen molar-refractivity contribution >= 4 is 6.08 Å². The molecule has 0 unspecified atom stereocenters. The molecule has 3 aromatic carbocycles. The lowest BCUT2D eigenvalue weighted by Crippen LogP contribution is -1.92. The average Bonchev–Trinajstić information content (AvgIpc) is 2.76. The first kappa shape index (κ1) is 19.7. The van der Waals surface area contributed by atoms with Crippen LogP contribution in [0.25, 0.3) is 6.08 Å². The van der Waals surface area contributed by atoms with Crippen molar-refractivity contribution in [1.82, 2.24) is 0 Å². The second-order valence-corrected chi connectivity index (χ2v) is 7.13. The minimum Gasteiger partial charge on any atom is -0.118 e. The summed E-state index contributed by atoms with van der Waals surface area (Å²) >= 11 is 0. The van der Waals surface area contributed by atoms with Crippen molar-refractivity contribution < 1.29 is 0 Å². The third kappa shape index (κ3) is 6.91. The second kappa shape index (κ2) is 10.9. The number of hydrogen-bond donors (Lipinski definition) is 0. The van der Waals surface area contributed by atoms with Gasteiger partial charge in [-0.3, -0.25) is 0 Å². The first-order chi connectivity index (χ1) is 13.8. The van der Waals surface area contributed by atoms with Crippen molar-refractivity contribution in [2.45, 2.75) is 32.6 Å². The fraction of sp³-hybridized carbons (Fsp3) is 0.179. The van der Waals surface area contributed by atoms with Gasteiger partial charge in [-0.2, -0.15) is 0 Å². The number of hydrogen-bond acceptors (Lipinski definition) is 0. The van der Waals surface area contributed by atoms with Gasteiger partial charge < -0.3 is 0 Å². The van der Waals surface area contributed by atoms with E-state index in [1.807, 2.05) is 6.07 Å². The lowest BCUT2D eigenvalue weighted by atomic mass is 9.98. The molecule has 3 aromatic rings. The van der Waals surface area contributed by atoms with E-state index < -0.39 is 0 Å². The molecule has 0 amide bonds. The van der Waals surface area contributed by atoms with Crippen LogP contribution in [0.5, 0.6) is 0 Å². The second-order valence-electron chi connectivity index (χ2n) is 7.13. The van der Waals surface area contributed by atoms with Crippen molar-refractivity contribution in [1.29, 1.82) is 0 Å². The molecule has 28 heavy (non-hydrogen) atoms. The van der Waals surface area contributed by atoms with Gasteiger partial charge in [-0.15, -0.1) is 5.73 Å². The van der Waals surface area contributed by atoms with Gasteiger partial charge in [0.1, 0.15) is 0 Å². The van der Waals surface area contributed by atoms with Crippen LogP contribution >= 0.6 is 0 Å². The summed E-state index contributed by atoms with van der Waals surface area (Å²) in [4.78, 5) is 0. The van der Waals surface area contributed by atoms with E-state index in [-0.39, 0.29) is 0 Å². The summed E-state index contributed by atoms with van der Waals surface area (Å²) in [6, 6.07) is 31.9. The van der Waals surface area contributed by atoms with Crippen molar-refractivity contribution in [2.75, 3.05) is 0 Å². The Hall–Kier alpha value is -3.08. The van der Waals surface area contributed by atoms with Gasteiger partial charge in [-0.25, -0.2) is 0 Å². The van der Waals surface area contributed by atoms with Crippen molar-refractivity contribution in [2.24, 2.45) is 0 Å². The van der Waals surface area contributed by atoms with Crippen LogP contribution in [-0.4, -0.2) is 0 Å². The average molecular weight is 365 g/mol. The van der Waals surface area contributed by atoms with Gasteiger partial charge in [0.25, 0.3) is 0 Å². The molecular weight excluding hydrogens is 336 g/mol. The van der Waals surface area contributed by atoms with Gasteiger partial charge in [0.2, 0.25) is 0 Å². The minimum atomic E-state index is 1.05. The molecule has 0 atom stereocenters. The topological polar surface area (TPSA) is 0 Å². The largest absolute Gasteiger partial charge is 0.118 e. The summed E-state index contributed by atoms with van der Waals surface area (Å²) in [5, 5.41) is 0. The van der Waals surface area contributed by atoms with E-state index in [0.29, 0.717) is 0 Å². The van der Waals surface area contributed by atoms with Gasteiger partial charge >= 0.3 is 0 Å². The Morgan fingerprint density at radius 2 is 1.14 bits per heavy atom. The maximum atomic E-state index is 3.67. The van der Waals surface area contributed by atoms with E-state index in [1.54, 1.807) is 0 Å². The highest BCUT2D eigenvalue weighted by atomic mass is 14.1. The van der Waals surface area contributed by atoms with Crippen molar-refractivity contribution in [3.05, 3.63) is 131 Å². The Labute approximate surface area is 169 Å². The van der Waals surface area contributed by atoms with Crippen LogP contribution in [-0.2, 0) is 12.8 Å². The summed E-state index contributed by atoms with van der Waals surface area (Å²) in [6.07, 6.45) is 8.55. The maximum absolute atomic E-state index is 3.67. The monoisotopic (exact) mass is 364 g/mol. The highest BCUT2D eigenvalue weighted by Crippen LogP contribution is 2.16. The fourth-order valence-electron chi connectivity index (χ4n) is 3.24. The molecule has 3 rings (SSSR count). The molecule has 0 radical (unpaired) electrons. The highest BCUT2D eigenvalue weighted by molar-refractivity contribution is 5.52. The third-order valence-electron chi connectivity index (χ3n) is 4.82. The Morgan fingerprint density at radius 1 is 0.679 bits per heavy atom. The quantitative estimate of drug-likeness (QED) is 0.288. The van der Waals surface area contributed by atoms with Crippen LogP contribution < -0.4 is 0 Å². The van der Waals surface area contributed by atoms with Crippen LogP contribution in [0.2, 0.25) is 0 Å². The Morgan fingerprint density at radius 3 is 1.64 bits per heavy atom. The van der Waals surface area contributed by atoms with Crippen molar-refractivity contribution in [3.63, 3.8) is 0 Å². The molecule has 0 aliphatic heterocycles. The summed E-state index contributed by atoms with van der Waals surface area (Å²) in [7, 11) is 0. The zero-order valence-corrected chi connectivity index (χ0v) is 16.6. The molecule has 0 bridgehead atoms. The van der Waals surface area contributed by atoms with E-state index >= 15 is 0 Å². The Balaban J connectivity index is 1.74. The molecule has 0 saturated heterocycles. The minimum absolute atomic E-state index is 1.05.